The van der Waals surface area contributed by atoms with Crippen LogP contribution in [0.5, 0.6) is 0 Å². The van der Waals surface area contributed by atoms with Gasteiger partial charge in [-0.3, -0.25) is 0 Å². The fraction of sp³-hybridized carbons (Fsp3) is 0.692. The largest absolute Gasteiger partial charge is 0.381 e. The first-order valence-electron chi connectivity index (χ1n) is 6.69. The van der Waals surface area contributed by atoms with Gasteiger partial charge in [-0.05, 0) is 12.8 Å². The second-order valence-electron chi connectivity index (χ2n) is 4.67. The highest BCUT2D eigenvalue weighted by atomic mass is 16.5. The second kappa shape index (κ2) is 6.54. The maximum Gasteiger partial charge on any atom is 0.133 e. The number of aromatic nitrogens is 2. The van der Waals surface area contributed by atoms with E-state index in [4.69, 9.17) is 4.74 Å². The molecule has 18 heavy (non-hydrogen) atoms. The van der Waals surface area contributed by atoms with Crippen molar-refractivity contribution in [2.24, 2.45) is 5.92 Å². The van der Waals surface area contributed by atoms with Gasteiger partial charge >= 0.3 is 0 Å². The molecule has 1 aliphatic heterocycles. The lowest BCUT2D eigenvalue weighted by molar-refractivity contribution is 0.187. The Labute approximate surface area is 108 Å². The molecule has 0 bridgehead atoms. The van der Waals surface area contributed by atoms with E-state index < -0.39 is 0 Å². The molecule has 2 heterocycles. The molecule has 5 heteroatoms. The number of nitrogens with one attached hydrogen (secondary N) is 2. The van der Waals surface area contributed by atoms with Crippen molar-refractivity contribution in [2.45, 2.75) is 26.2 Å². The molecule has 1 unspecified atom stereocenters. The monoisotopic (exact) mass is 250 g/mol. The van der Waals surface area contributed by atoms with E-state index in [2.05, 4.69) is 27.5 Å². The Morgan fingerprint density at radius 2 is 2.22 bits per heavy atom. The summed E-state index contributed by atoms with van der Waals surface area (Å²) in [6.07, 6.45) is 3.11. The van der Waals surface area contributed by atoms with Gasteiger partial charge in [0.1, 0.15) is 17.5 Å². The van der Waals surface area contributed by atoms with Crippen LogP contribution in [-0.4, -0.2) is 36.8 Å². The first-order valence-corrected chi connectivity index (χ1v) is 6.69. The predicted octanol–water partition coefficient (Wildman–Crippen LogP) is 1.92. The standard InChI is InChI=1S/C13H22N4O/c1-3-4-11-16-12(14-2)7-13(17-11)15-8-10-5-6-18-9-10/h7,10H,3-6,8-9H2,1-2H3,(H2,14,15,16,17). The summed E-state index contributed by atoms with van der Waals surface area (Å²) in [5, 5.41) is 6.47. The van der Waals surface area contributed by atoms with E-state index in [1.54, 1.807) is 0 Å². The van der Waals surface area contributed by atoms with Gasteiger partial charge < -0.3 is 15.4 Å². The Hall–Kier alpha value is -1.36. The summed E-state index contributed by atoms with van der Waals surface area (Å²) >= 11 is 0. The zero-order valence-corrected chi connectivity index (χ0v) is 11.2. The van der Waals surface area contributed by atoms with Crippen molar-refractivity contribution in [3.63, 3.8) is 0 Å². The zero-order valence-electron chi connectivity index (χ0n) is 11.2. The summed E-state index contributed by atoms with van der Waals surface area (Å²) in [6.45, 7) is 4.81. The van der Waals surface area contributed by atoms with Gasteiger partial charge in [-0.25, -0.2) is 9.97 Å². The fourth-order valence-corrected chi connectivity index (χ4v) is 2.04. The Morgan fingerprint density at radius 3 is 2.89 bits per heavy atom. The molecule has 1 aliphatic rings. The van der Waals surface area contributed by atoms with E-state index in [1.165, 1.54) is 0 Å². The highest BCUT2D eigenvalue weighted by molar-refractivity contribution is 5.47. The van der Waals surface area contributed by atoms with Gasteiger partial charge in [-0.2, -0.15) is 0 Å². The molecule has 1 aromatic rings. The van der Waals surface area contributed by atoms with Crippen LogP contribution in [0.15, 0.2) is 6.07 Å². The molecular weight excluding hydrogens is 228 g/mol. The van der Waals surface area contributed by atoms with Crippen LogP contribution in [0.2, 0.25) is 0 Å². The minimum Gasteiger partial charge on any atom is -0.381 e. The number of rotatable bonds is 6. The number of anilines is 2. The molecule has 1 atom stereocenters. The van der Waals surface area contributed by atoms with Crippen LogP contribution in [0.1, 0.15) is 25.6 Å². The Kier molecular flexibility index (Phi) is 4.75. The molecule has 0 spiro atoms. The van der Waals surface area contributed by atoms with Gasteiger partial charge in [0.05, 0.1) is 6.61 Å². The average Bonchev–Trinajstić information content (AvgIpc) is 2.89. The molecule has 5 nitrogen and oxygen atoms in total. The molecule has 100 valence electrons. The SMILES string of the molecule is CCCc1nc(NC)cc(NCC2CCOC2)n1. The summed E-state index contributed by atoms with van der Waals surface area (Å²) < 4.78 is 5.37. The fourth-order valence-electron chi connectivity index (χ4n) is 2.04. The van der Waals surface area contributed by atoms with Crippen LogP contribution in [0.4, 0.5) is 11.6 Å². The molecule has 0 aromatic carbocycles. The summed E-state index contributed by atoms with van der Waals surface area (Å²) in [6, 6.07) is 1.95. The van der Waals surface area contributed by atoms with Crippen molar-refractivity contribution in [2.75, 3.05) is 37.4 Å². The lowest BCUT2D eigenvalue weighted by Crippen LogP contribution is -2.15. The van der Waals surface area contributed by atoms with Crippen molar-refractivity contribution >= 4 is 11.6 Å². The number of aryl methyl sites for hydroxylation is 1. The number of hydrogen-bond donors (Lipinski definition) is 2. The third kappa shape index (κ3) is 3.57. The van der Waals surface area contributed by atoms with Crippen LogP contribution in [-0.2, 0) is 11.2 Å². The van der Waals surface area contributed by atoms with Gasteiger partial charge in [-0.15, -0.1) is 0 Å². The highest BCUT2D eigenvalue weighted by Crippen LogP contribution is 2.15. The van der Waals surface area contributed by atoms with E-state index in [9.17, 15) is 0 Å². The molecule has 0 aliphatic carbocycles. The molecule has 2 rings (SSSR count). The van der Waals surface area contributed by atoms with Crippen molar-refractivity contribution < 1.29 is 4.74 Å². The average molecular weight is 250 g/mol. The summed E-state index contributed by atoms with van der Waals surface area (Å²) in [4.78, 5) is 8.96. The van der Waals surface area contributed by atoms with Crippen molar-refractivity contribution in [3.8, 4) is 0 Å². The second-order valence-corrected chi connectivity index (χ2v) is 4.67. The maximum atomic E-state index is 5.37. The Morgan fingerprint density at radius 1 is 1.39 bits per heavy atom. The minimum atomic E-state index is 0.604. The summed E-state index contributed by atoms with van der Waals surface area (Å²) in [5.41, 5.74) is 0. The molecule has 2 N–H and O–H groups in total. The molecular formula is C13H22N4O. The number of hydrogen-bond acceptors (Lipinski definition) is 5. The van der Waals surface area contributed by atoms with Crippen LogP contribution in [0.25, 0.3) is 0 Å². The van der Waals surface area contributed by atoms with Gasteiger partial charge in [0.2, 0.25) is 0 Å². The van der Waals surface area contributed by atoms with Crippen molar-refractivity contribution in [1.29, 1.82) is 0 Å². The third-order valence-electron chi connectivity index (χ3n) is 3.10. The molecule has 0 radical (unpaired) electrons. The molecule has 1 fully saturated rings. The molecule has 0 amide bonds. The Balaban J connectivity index is 1.98. The van der Waals surface area contributed by atoms with Crippen LogP contribution >= 0.6 is 0 Å². The molecule has 0 saturated carbocycles. The third-order valence-corrected chi connectivity index (χ3v) is 3.10. The number of ether oxygens (including phenoxy) is 1. The van der Waals surface area contributed by atoms with E-state index >= 15 is 0 Å². The van der Waals surface area contributed by atoms with Crippen LogP contribution < -0.4 is 10.6 Å². The topological polar surface area (TPSA) is 59.1 Å². The summed E-state index contributed by atoms with van der Waals surface area (Å²) in [7, 11) is 1.88. The lowest BCUT2D eigenvalue weighted by atomic mass is 10.1. The zero-order chi connectivity index (χ0) is 12.8. The van der Waals surface area contributed by atoms with Gasteiger partial charge in [-0.1, -0.05) is 6.92 Å². The van der Waals surface area contributed by atoms with Crippen LogP contribution in [0, 0.1) is 5.92 Å². The van der Waals surface area contributed by atoms with Crippen molar-refractivity contribution in [3.05, 3.63) is 11.9 Å². The van der Waals surface area contributed by atoms with Gasteiger partial charge in [0, 0.05) is 38.6 Å². The first-order chi connectivity index (χ1) is 8.81. The van der Waals surface area contributed by atoms with Gasteiger partial charge in [0.15, 0.2) is 0 Å². The highest BCUT2D eigenvalue weighted by Gasteiger charge is 2.15. The van der Waals surface area contributed by atoms with E-state index in [0.29, 0.717) is 5.92 Å². The van der Waals surface area contributed by atoms with E-state index in [0.717, 1.165) is 56.5 Å². The Bertz CT molecular complexity index is 377. The molecule has 1 saturated heterocycles. The quantitative estimate of drug-likeness (QED) is 0.807. The van der Waals surface area contributed by atoms with Gasteiger partial charge in [0.25, 0.3) is 0 Å². The lowest BCUT2D eigenvalue weighted by Gasteiger charge is -2.12. The van der Waals surface area contributed by atoms with E-state index in [-0.39, 0.29) is 0 Å². The van der Waals surface area contributed by atoms with Crippen molar-refractivity contribution in [1.82, 2.24) is 9.97 Å². The predicted molar refractivity (Wildman–Crippen MR) is 73.0 cm³/mol. The first kappa shape index (κ1) is 13.1. The number of nitrogens with zero attached hydrogens (tertiary/aromatic N) is 2. The minimum absolute atomic E-state index is 0.604. The summed E-state index contributed by atoms with van der Waals surface area (Å²) in [5.74, 6) is 3.28. The van der Waals surface area contributed by atoms with Crippen LogP contribution in [0.3, 0.4) is 0 Å². The normalized spacial score (nSPS) is 18.9. The smallest absolute Gasteiger partial charge is 0.133 e. The maximum absolute atomic E-state index is 5.37. The van der Waals surface area contributed by atoms with E-state index in [1.807, 2.05) is 13.1 Å². The molecule has 1 aromatic heterocycles.